The third-order valence-electron chi connectivity index (χ3n) is 5.45. The van der Waals surface area contributed by atoms with Crippen molar-refractivity contribution in [1.82, 2.24) is 5.32 Å². The van der Waals surface area contributed by atoms with Gasteiger partial charge in [-0.25, -0.2) is 0 Å². The van der Waals surface area contributed by atoms with E-state index in [2.05, 4.69) is 16.3 Å². The first-order valence-corrected chi connectivity index (χ1v) is 10.8. The summed E-state index contributed by atoms with van der Waals surface area (Å²) in [7, 11) is 1.66. The van der Waals surface area contributed by atoms with E-state index in [0.29, 0.717) is 11.4 Å². The number of ether oxygens (including phenoxy) is 1. The van der Waals surface area contributed by atoms with Crippen molar-refractivity contribution in [1.29, 1.82) is 0 Å². The number of thioether (sulfide) groups is 1. The Kier molecular flexibility index (Phi) is 6.11. The molecule has 6 heteroatoms. The van der Waals surface area contributed by atoms with Crippen LogP contribution in [-0.4, -0.2) is 30.3 Å². The molecule has 0 saturated heterocycles. The largest absolute Gasteiger partial charge is 0.497 e. The van der Waals surface area contributed by atoms with Crippen molar-refractivity contribution >= 4 is 23.4 Å². The van der Waals surface area contributed by atoms with Crippen molar-refractivity contribution in [2.45, 2.75) is 49.3 Å². The van der Waals surface area contributed by atoms with Gasteiger partial charge in [0, 0.05) is 17.6 Å². The lowest BCUT2D eigenvalue weighted by Gasteiger charge is -2.31. The standard InChI is InChI=1S/C23H26N2O3S/c1-28-17-12-10-16(11-13-17)14-25-15-22(29-21-9-5-3-7-19(21)25)23(27)24-18-6-2-4-8-20(18)26/h3,5,7,9-13,15,18,20,26H,2,4,6,8,14H2,1H3,(H,24,27)/t18-,20-/m0/s1. The number of amides is 1. The molecule has 5 nitrogen and oxygen atoms in total. The van der Waals surface area contributed by atoms with E-state index in [-0.39, 0.29) is 11.9 Å². The molecule has 2 aromatic carbocycles. The maximum atomic E-state index is 12.9. The number of benzene rings is 2. The molecule has 2 aliphatic rings. The van der Waals surface area contributed by atoms with Gasteiger partial charge in [0.1, 0.15) is 5.75 Å². The van der Waals surface area contributed by atoms with Gasteiger partial charge in [0.05, 0.1) is 29.8 Å². The minimum atomic E-state index is -0.454. The molecular weight excluding hydrogens is 384 g/mol. The second kappa shape index (κ2) is 8.93. The van der Waals surface area contributed by atoms with E-state index in [4.69, 9.17) is 4.74 Å². The molecule has 2 aromatic rings. The van der Waals surface area contributed by atoms with E-state index in [0.717, 1.165) is 47.6 Å². The highest BCUT2D eigenvalue weighted by atomic mass is 32.2. The zero-order chi connectivity index (χ0) is 20.2. The second-order valence-electron chi connectivity index (χ2n) is 7.47. The third kappa shape index (κ3) is 4.60. The van der Waals surface area contributed by atoms with Crippen LogP contribution in [0.1, 0.15) is 31.2 Å². The maximum Gasteiger partial charge on any atom is 0.259 e. The molecule has 0 radical (unpaired) electrons. The first kappa shape index (κ1) is 19.9. The Morgan fingerprint density at radius 1 is 1.17 bits per heavy atom. The average molecular weight is 411 g/mol. The topological polar surface area (TPSA) is 61.8 Å². The van der Waals surface area contributed by atoms with Crippen LogP contribution < -0.4 is 15.0 Å². The van der Waals surface area contributed by atoms with Crippen molar-refractivity contribution in [3.63, 3.8) is 0 Å². The van der Waals surface area contributed by atoms with Crippen LogP contribution in [0.5, 0.6) is 5.75 Å². The zero-order valence-electron chi connectivity index (χ0n) is 16.5. The summed E-state index contributed by atoms with van der Waals surface area (Å²) in [5.74, 6) is 0.709. The normalized spacial score (nSPS) is 21.2. The van der Waals surface area contributed by atoms with Crippen molar-refractivity contribution in [3.05, 3.63) is 65.2 Å². The van der Waals surface area contributed by atoms with Crippen molar-refractivity contribution in [3.8, 4) is 5.75 Å². The Bertz CT molecular complexity index is 897. The number of para-hydroxylation sites is 1. The van der Waals surface area contributed by atoms with Gasteiger partial charge in [0.2, 0.25) is 0 Å². The zero-order valence-corrected chi connectivity index (χ0v) is 17.3. The number of fused-ring (bicyclic) bond motifs is 1. The number of nitrogens with one attached hydrogen (secondary N) is 1. The minimum absolute atomic E-state index is 0.116. The summed E-state index contributed by atoms with van der Waals surface area (Å²) in [6.07, 6.45) is 5.11. The summed E-state index contributed by atoms with van der Waals surface area (Å²) in [6, 6.07) is 15.9. The molecule has 0 aromatic heterocycles. The van der Waals surface area contributed by atoms with Crippen molar-refractivity contribution in [2.24, 2.45) is 0 Å². The SMILES string of the molecule is COc1ccc(CN2C=C(C(=O)N[C@H]3CCCC[C@@H]3O)Sc3ccccc32)cc1. The minimum Gasteiger partial charge on any atom is -0.497 e. The van der Waals surface area contributed by atoms with Gasteiger partial charge in [-0.2, -0.15) is 0 Å². The molecule has 1 fully saturated rings. The Morgan fingerprint density at radius 2 is 1.93 bits per heavy atom. The highest BCUT2D eigenvalue weighted by Gasteiger charge is 2.28. The van der Waals surface area contributed by atoms with Crippen LogP contribution in [-0.2, 0) is 11.3 Å². The molecule has 0 bridgehead atoms. The lowest BCUT2D eigenvalue weighted by atomic mass is 9.92. The number of rotatable bonds is 5. The van der Waals surface area contributed by atoms with Crippen molar-refractivity contribution in [2.75, 3.05) is 12.0 Å². The molecule has 1 aliphatic carbocycles. The summed E-state index contributed by atoms with van der Waals surface area (Å²) in [4.78, 5) is 16.8. The van der Waals surface area contributed by atoms with Gasteiger partial charge in [-0.05, 0) is 42.7 Å². The highest BCUT2D eigenvalue weighted by Crippen LogP contribution is 2.40. The molecule has 1 amide bonds. The van der Waals surface area contributed by atoms with Crippen LogP contribution in [0.2, 0.25) is 0 Å². The summed E-state index contributed by atoms with van der Waals surface area (Å²) >= 11 is 1.48. The number of carbonyl (C=O) groups is 1. The number of hydrogen-bond acceptors (Lipinski definition) is 5. The van der Waals surface area contributed by atoms with Crippen LogP contribution in [0.25, 0.3) is 0 Å². The molecule has 2 N–H and O–H groups in total. The van der Waals surface area contributed by atoms with Crippen molar-refractivity contribution < 1.29 is 14.6 Å². The predicted molar refractivity (Wildman–Crippen MR) is 116 cm³/mol. The van der Waals surface area contributed by atoms with Gasteiger partial charge < -0.3 is 20.1 Å². The van der Waals surface area contributed by atoms with Gasteiger partial charge in [-0.3, -0.25) is 4.79 Å². The monoisotopic (exact) mass is 410 g/mol. The van der Waals surface area contributed by atoms with E-state index >= 15 is 0 Å². The van der Waals surface area contributed by atoms with Gasteiger partial charge in [-0.1, -0.05) is 48.9 Å². The Morgan fingerprint density at radius 3 is 2.69 bits per heavy atom. The number of aliphatic hydroxyl groups excluding tert-OH is 1. The fraction of sp³-hybridized carbons (Fsp3) is 0.348. The first-order valence-electron chi connectivity index (χ1n) is 10.0. The number of hydrogen-bond donors (Lipinski definition) is 2. The Balaban J connectivity index is 1.55. The van der Waals surface area contributed by atoms with Gasteiger partial charge >= 0.3 is 0 Å². The molecule has 29 heavy (non-hydrogen) atoms. The summed E-state index contributed by atoms with van der Waals surface area (Å²) in [5, 5.41) is 13.2. The van der Waals surface area contributed by atoms with E-state index < -0.39 is 6.10 Å². The van der Waals surface area contributed by atoms with Crippen LogP contribution in [0.3, 0.4) is 0 Å². The lowest BCUT2D eigenvalue weighted by molar-refractivity contribution is -0.118. The number of anilines is 1. The van der Waals surface area contributed by atoms with E-state index in [1.165, 1.54) is 11.8 Å². The first-order chi connectivity index (χ1) is 14.1. The van der Waals surface area contributed by atoms with E-state index in [1.807, 2.05) is 48.7 Å². The molecular formula is C23H26N2O3S. The molecule has 4 rings (SSSR count). The summed E-state index contributed by atoms with van der Waals surface area (Å²) in [5.41, 5.74) is 2.22. The van der Waals surface area contributed by atoms with Gasteiger partial charge in [0.15, 0.2) is 0 Å². The lowest BCUT2D eigenvalue weighted by Crippen LogP contribution is -2.45. The van der Waals surface area contributed by atoms with Gasteiger partial charge in [0.25, 0.3) is 5.91 Å². The van der Waals surface area contributed by atoms with Crippen LogP contribution in [0.4, 0.5) is 5.69 Å². The smallest absolute Gasteiger partial charge is 0.259 e. The Labute approximate surface area is 175 Å². The second-order valence-corrected chi connectivity index (χ2v) is 8.55. The summed E-state index contributed by atoms with van der Waals surface area (Å²) in [6.45, 7) is 0.657. The number of nitrogens with zero attached hydrogens (tertiary/aromatic N) is 1. The molecule has 0 unspecified atom stereocenters. The predicted octanol–water partition coefficient (Wildman–Crippen LogP) is 4.07. The molecule has 2 atom stereocenters. The fourth-order valence-electron chi connectivity index (χ4n) is 3.82. The molecule has 1 saturated carbocycles. The summed E-state index contributed by atoms with van der Waals surface area (Å²) < 4.78 is 5.24. The molecule has 0 spiro atoms. The Hall–Kier alpha value is -2.44. The molecule has 1 heterocycles. The van der Waals surface area contributed by atoms with E-state index in [1.54, 1.807) is 7.11 Å². The fourth-order valence-corrected chi connectivity index (χ4v) is 4.82. The van der Waals surface area contributed by atoms with Crippen LogP contribution in [0.15, 0.2) is 64.5 Å². The quantitative estimate of drug-likeness (QED) is 0.778. The van der Waals surface area contributed by atoms with Gasteiger partial charge in [-0.15, -0.1) is 0 Å². The number of carbonyl (C=O) groups excluding carboxylic acids is 1. The third-order valence-corrected chi connectivity index (χ3v) is 6.53. The van der Waals surface area contributed by atoms with Crippen LogP contribution >= 0.6 is 11.8 Å². The average Bonchev–Trinajstić information content (AvgIpc) is 2.76. The van der Waals surface area contributed by atoms with Crippen LogP contribution in [0, 0.1) is 0 Å². The van der Waals surface area contributed by atoms with E-state index in [9.17, 15) is 9.90 Å². The number of methoxy groups -OCH3 is 1. The number of aliphatic hydroxyl groups is 1. The maximum absolute atomic E-state index is 12.9. The molecule has 1 aliphatic heterocycles. The molecule has 152 valence electrons. The highest BCUT2D eigenvalue weighted by molar-refractivity contribution is 8.04.